The highest BCUT2D eigenvalue weighted by atomic mass is 16.5. The van der Waals surface area contributed by atoms with Crippen molar-refractivity contribution in [2.45, 2.75) is 6.92 Å². The van der Waals surface area contributed by atoms with Crippen molar-refractivity contribution in [2.24, 2.45) is 0 Å². The van der Waals surface area contributed by atoms with Crippen molar-refractivity contribution in [1.82, 2.24) is 15.3 Å². The van der Waals surface area contributed by atoms with E-state index < -0.39 is 0 Å². The van der Waals surface area contributed by atoms with Crippen molar-refractivity contribution in [3.8, 4) is 17.1 Å². The molecule has 0 bridgehead atoms. The van der Waals surface area contributed by atoms with E-state index >= 15 is 0 Å². The van der Waals surface area contributed by atoms with Gasteiger partial charge in [-0.3, -0.25) is 0 Å². The molecule has 0 spiro atoms. The van der Waals surface area contributed by atoms with E-state index in [2.05, 4.69) is 15.2 Å². The number of anilines is 1. The van der Waals surface area contributed by atoms with Gasteiger partial charge < -0.3 is 15.0 Å². The second-order valence-corrected chi connectivity index (χ2v) is 5.13. The van der Waals surface area contributed by atoms with E-state index in [1.807, 2.05) is 37.3 Å². The summed E-state index contributed by atoms with van der Waals surface area (Å²) in [7, 11) is 1.67. The summed E-state index contributed by atoms with van der Waals surface area (Å²) in [5, 5.41) is 3.36. The van der Waals surface area contributed by atoms with E-state index in [0.29, 0.717) is 0 Å². The van der Waals surface area contributed by atoms with Gasteiger partial charge in [0.05, 0.1) is 12.7 Å². The third-order valence-corrected chi connectivity index (χ3v) is 3.63. The van der Waals surface area contributed by atoms with Gasteiger partial charge in [0, 0.05) is 37.9 Å². The molecule has 1 aromatic carbocycles. The highest BCUT2D eigenvalue weighted by molar-refractivity contribution is 5.65. The van der Waals surface area contributed by atoms with Crippen molar-refractivity contribution in [2.75, 3.05) is 38.2 Å². The standard InChI is InChI=1S/C16H20N4O/c1-12-11-15(20-9-7-17-8-10-20)19-16(18-12)13-5-3-4-6-14(13)21-2/h3-6,11,17H,7-10H2,1-2H3. The number of aryl methyl sites for hydroxylation is 1. The Bertz CT molecular complexity index is 623. The average Bonchev–Trinajstić information content (AvgIpc) is 2.55. The zero-order valence-corrected chi connectivity index (χ0v) is 12.5. The van der Waals surface area contributed by atoms with Gasteiger partial charge in [-0.1, -0.05) is 12.1 Å². The van der Waals surface area contributed by atoms with Crippen molar-refractivity contribution < 1.29 is 4.74 Å². The van der Waals surface area contributed by atoms with E-state index in [4.69, 9.17) is 9.72 Å². The van der Waals surface area contributed by atoms with Gasteiger partial charge in [0.25, 0.3) is 0 Å². The lowest BCUT2D eigenvalue weighted by Crippen LogP contribution is -2.44. The molecule has 0 atom stereocenters. The lowest BCUT2D eigenvalue weighted by molar-refractivity contribution is 0.416. The minimum atomic E-state index is 0.723. The van der Waals surface area contributed by atoms with Crippen LogP contribution in [0.5, 0.6) is 5.75 Å². The van der Waals surface area contributed by atoms with Gasteiger partial charge in [-0.15, -0.1) is 0 Å². The predicted molar refractivity (Wildman–Crippen MR) is 83.8 cm³/mol. The third-order valence-electron chi connectivity index (χ3n) is 3.63. The Morgan fingerprint density at radius 3 is 2.67 bits per heavy atom. The van der Waals surface area contributed by atoms with Crippen LogP contribution in [0.1, 0.15) is 5.69 Å². The molecule has 1 saturated heterocycles. The molecule has 0 amide bonds. The van der Waals surface area contributed by atoms with E-state index in [9.17, 15) is 0 Å². The Hall–Kier alpha value is -2.14. The van der Waals surface area contributed by atoms with Crippen LogP contribution in [0.15, 0.2) is 30.3 Å². The fourth-order valence-electron chi connectivity index (χ4n) is 2.56. The Morgan fingerprint density at radius 1 is 1.14 bits per heavy atom. The average molecular weight is 284 g/mol. The molecular weight excluding hydrogens is 264 g/mol. The molecule has 0 radical (unpaired) electrons. The maximum Gasteiger partial charge on any atom is 0.165 e. The molecule has 5 nitrogen and oxygen atoms in total. The van der Waals surface area contributed by atoms with Gasteiger partial charge in [0.1, 0.15) is 11.6 Å². The number of para-hydroxylation sites is 1. The number of benzene rings is 1. The van der Waals surface area contributed by atoms with Crippen LogP contribution in [0.2, 0.25) is 0 Å². The summed E-state index contributed by atoms with van der Waals surface area (Å²) in [6.07, 6.45) is 0. The molecule has 1 aromatic heterocycles. The Morgan fingerprint density at radius 2 is 1.90 bits per heavy atom. The zero-order chi connectivity index (χ0) is 14.7. The molecule has 1 aliphatic rings. The lowest BCUT2D eigenvalue weighted by atomic mass is 10.2. The lowest BCUT2D eigenvalue weighted by Gasteiger charge is -2.28. The second-order valence-electron chi connectivity index (χ2n) is 5.13. The number of nitrogens with one attached hydrogen (secondary N) is 1. The molecule has 0 saturated carbocycles. The topological polar surface area (TPSA) is 50.3 Å². The summed E-state index contributed by atoms with van der Waals surface area (Å²) >= 11 is 0. The predicted octanol–water partition coefficient (Wildman–Crippen LogP) is 1.87. The first-order valence-electron chi connectivity index (χ1n) is 7.22. The monoisotopic (exact) mass is 284 g/mol. The van der Waals surface area contributed by atoms with Gasteiger partial charge in [-0.25, -0.2) is 9.97 Å². The maximum absolute atomic E-state index is 5.42. The number of hydrogen-bond acceptors (Lipinski definition) is 5. The summed E-state index contributed by atoms with van der Waals surface area (Å²) in [5.41, 5.74) is 1.90. The Labute approximate surface area is 125 Å². The number of rotatable bonds is 3. The fourth-order valence-corrected chi connectivity index (χ4v) is 2.56. The smallest absolute Gasteiger partial charge is 0.165 e. The van der Waals surface area contributed by atoms with Crippen LogP contribution in [-0.4, -0.2) is 43.3 Å². The molecular formula is C16H20N4O. The summed E-state index contributed by atoms with van der Waals surface area (Å²) in [6.45, 7) is 5.94. The van der Waals surface area contributed by atoms with E-state index in [0.717, 1.165) is 54.8 Å². The SMILES string of the molecule is COc1ccccc1-c1nc(C)cc(N2CCNCC2)n1. The van der Waals surface area contributed by atoms with Crippen LogP contribution in [0, 0.1) is 6.92 Å². The van der Waals surface area contributed by atoms with Crippen molar-refractivity contribution in [3.05, 3.63) is 36.0 Å². The molecule has 2 aromatic rings. The molecule has 1 N–H and O–H groups in total. The normalized spacial score (nSPS) is 15.0. The third kappa shape index (κ3) is 2.97. The highest BCUT2D eigenvalue weighted by Crippen LogP contribution is 2.28. The molecule has 2 heterocycles. The van der Waals surface area contributed by atoms with Gasteiger partial charge >= 0.3 is 0 Å². The molecule has 3 rings (SSSR count). The van der Waals surface area contributed by atoms with Crippen molar-refractivity contribution in [1.29, 1.82) is 0 Å². The Balaban J connectivity index is 2.01. The molecule has 0 aliphatic carbocycles. The van der Waals surface area contributed by atoms with Crippen LogP contribution in [0.3, 0.4) is 0 Å². The van der Waals surface area contributed by atoms with Crippen LogP contribution in [0.25, 0.3) is 11.4 Å². The number of nitrogens with zero attached hydrogens (tertiary/aromatic N) is 3. The molecule has 21 heavy (non-hydrogen) atoms. The van der Waals surface area contributed by atoms with Crippen LogP contribution in [-0.2, 0) is 0 Å². The van der Waals surface area contributed by atoms with Crippen molar-refractivity contribution in [3.63, 3.8) is 0 Å². The summed E-state index contributed by atoms with van der Waals surface area (Å²) < 4.78 is 5.42. The first-order chi connectivity index (χ1) is 10.3. The summed E-state index contributed by atoms with van der Waals surface area (Å²) in [4.78, 5) is 11.6. The number of methoxy groups -OCH3 is 1. The Kier molecular flexibility index (Phi) is 4.01. The largest absolute Gasteiger partial charge is 0.496 e. The fraction of sp³-hybridized carbons (Fsp3) is 0.375. The second kappa shape index (κ2) is 6.10. The van der Waals surface area contributed by atoms with Crippen LogP contribution < -0.4 is 15.0 Å². The molecule has 1 fully saturated rings. The first-order valence-corrected chi connectivity index (χ1v) is 7.22. The molecule has 0 unspecified atom stereocenters. The van der Waals surface area contributed by atoms with Gasteiger partial charge in [-0.05, 0) is 19.1 Å². The van der Waals surface area contributed by atoms with E-state index in [1.54, 1.807) is 7.11 Å². The number of ether oxygens (including phenoxy) is 1. The number of aromatic nitrogens is 2. The molecule has 1 aliphatic heterocycles. The van der Waals surface area contributed by atoms with Gasteiger partial charge in [0.2, 0.25) is 0 Å². The molecule has 110 valence electrons. The first kappa shape index (κ1) is 13.8. The summed E-state index contributed by atoms with van der Waals surface area (Å²) in [5.74, 6) is 2.51. The summed E-state index contributed by atoms with van der Waals surface area (Å²) in [6, 6.07) is 9.91. The molecule has 5 heteroatoms. The minimum absolute atomic E-state index is 0.723. The highest BCUT2D eigenvalue weighted by Gasteiger charge is 2.15. The van der Waals surface area contributed by atoms with Gasteiger partial charge in [-0.2, -0.15) is 0 Å². The van der Waals surface area contributed by atoms with E-state index in [-0.39, 0.29) is 0 Å². The number of hydrogen-bond donors (Lipinski definition) is 1. The minimum Gasteiger partial charge on any atom is -0.496 e. The van der Waals surface area contributed by atoms with Crippen LogP contribution >= 0.6 is 0 Å². The quantitative estimate of drug-likeness (QED) is 0.932. The maximum atomic E-state index is 5.42. The van der Waals surface area contributed by atoms with Gasteiger partial charge in [0.15, 0.2) is 5.82 Å². The van der Waals surface area contributed by atoms with E-state index in [1.165, 1.54) is 0 Å². The number of piperazine rings is 1. The van der Waals surface area contributed by atoms with Crippen molar-refractivity contribution >= 4 is 5.82 Å². The zero-order valence-electron chi connectivity index (χ0n) is 12.5. The van der Waals surface area contributed by atoms with Crippen LogP contribution in [0.4, 0.5) is 5.82 Å².